The zero-order valence-electron chi connectivity index (χ0n) is 18.3. The third-order valence-corrected chi connectivity index (χ3v) is 6.84. The number of hydrogen-bond acceptors (Lipinski definition) is 6. The number of hydrogen-bond donors (Lipinski definition) is 1. The standard InChI is InChI=1S/C22H35N5O2/c1-21(2,3)29-20(28)26(4)15-9-13-27(14-15)18-16-8-7-12-22(10-5-6-11-22)17(16)24-19(23)25-18/h15H,5-14H2,1-4H3,(H2,23,24,25)/t15-/m1/s1. The molecule has 1 saturated heterocycles. The number of carbonyl (C=O) groups excluding carboxylic acids is 1. The summed E-state index contributed by atoms with van der Waals surface area (Å²) < 4.78 is 5.55. The van der Waals surface area contributed by atoms with Gasteiger partial charge in [-0.1, -0.05) is 12.8 Å². The van der Waals surface area contributed by atoms with Crippen LogP contribution in [-0.4, -0.2) is 52.7 Å². The maximum absolute atomic E-state index is 12.5. The molecule has 1 aliphatic heterocycles. The van der Waals surface area contributed by atoms with Crippen molar-refractivity contribution in [2.45, 2.75) is 89.2 Å². The van der Waals surface area contributed by atoms with Gasteiger partial charge >= 0.3 is 6.09 Å². The van der Waals surface area contributed by atoms with Crippen LogP contribution in [-0.2, 0) is 16.6 Å². The number of rotatable bonds is 2. The first-order valence-corrected chi connectivity index (χ1v) is 11.1. The normalized spacial score (nSPS) is 23.3. The second kappa shape index (κ2) is 7.33. The van der Waals surface area contributed by atoms with Gasteiger partial charge in [-0.05, 0) is 59.3 Å². The Bertz CT molecular complexity index is 782. The highest BCUT2D eigenvalue weighted by Gasteiger charge is 2.43. The van der Waals surface area contributed by atoms with Crippen LogP contribution < -0.4 is 10.6 Å². The maximum Gasteiger partial charge on any atom is 0.410 e. The van der Waals surface area contributed by atoms with E-state index in [1.807, 2.05) is 27.8 Å². The Kier molecular flexibility index (Phi) is 5.11. The summed E-state index contributed by atoms with van der Waals surface area (Å²) in [6.45, 7) is 7.32. The summed E-state index contributed by atoms with van der Waals surface area (Å²) in [4.78, 5) is 26.0. The van der Waals surface area contributed by atoms with E-state index in [2.05, 4.69) is 9.88 Å². The number of aromatic nitrogens is 2. The fraction of sp³-hybridized carbons (Fsp3) is 0.773. The van der Waals surface area contributed by atoms with Crippen molar-refractivity contribution in [2.75, 3.05) is 30.8 Å². The summed E-state index contributed by atoms with van der Waals surface area (Å²) in [6, 6.07) is 0.112. The molecule has 4 rings (SSSR count). The molecule has 0 bridgehead atoms. The molecule has 0 unspecified atom stereocenters. The molecule has 1 aromatic heterocycles. The summed E-state index contributed by atoms with van der Waals surface area (Å²) in [5, 5.41) is 0. The van der Waals surface area contributed by atoms with Crippen LogP contribution in [0.2, 0.25) is 0 Å². The lowest BCUT2D eigenvalue weighted by Gasteiger charge is -2.36. The van der Waals surface area contributed by atoms with Crippen LogP contribution in [0.5, 0.6) is 0 Å². The van der Waals surface area contributed by atoms with Gasteiger partial charge in [-0.3, -0.25) is 0 Å². The van der Waals surface area contributed by atoms with Crippen LogP contribution in [0.25, 0.3) is 0 Å². The molecule has 1 saturated carbocycles. The van der Waals surface area contributed by atoms with Crippen LogP contribution in [0, 0.1) is 0 Å². The van der Waals surface area contributed by atoms with Crippen molar-refractivity contribution in [3.63, 3.8) is 0 Å². The molecule has 1 spiro atoms. The molecule has 1 amide bonds. The fourth-order valence-electron chi connectivity index (χ4n) is 5.41. The number of nitrogen functional groups attached to an aromatic ring is 1. The molecule has 160 valence electrons. The second-order valence-corrected chi connectivity index (χ2v) is 10.1. The van der Waals surface area contributed by atoms with Crippen LogP contribution in [0.1, 0.15) is 77.0 Å². The van der Waals surface area contributed by atoms with Crippen molar-refractivity contribution in [1.29, 1.82) is 0 Å². The topological polar surface area (TPSA) is 84.6 Å². The lowest BCUT2D eigenvalue weighted by Crippen LogP contribution is -2.42. The van der Waals surface area contributed by atoms with Gasteiger partial charge in [0.25, 0.3) is 0 Å². The van der Waals surface area contributed by atoms with Gasteiger partial charge in [0.05, 0.1) is 11.7 Å². The van der Waals surface area contributed by atoms with Crippen molar-refractivity contribution < 1.29 is 9.53 Å². The van der Waals surface area contributed by atoms with E-state index >= 15 is 0 Å². The Morgan fingerprint density at radius 3 is 2.59 bits per heavy atom. The van der Waals surface area contributed by atoms with E-state index in [4.69, 9.17) is 15.5 Å². The molecule has 0 radical (unpaired) electrons. The van der Waals surface area contributed by atoms with Crippen LogP contribution in [0.4, 0.5) is 16.6 Å². The molecule has 2 fully saturated rings. The Morgan fingerprint density at radius 1 is 1.21 bits per heavy atom. The van der Waals surface area contributed by atoms with E-state index in [0.717, 1.165) is 31.7 Å². The average Bonchev–Trinajstić information content (AvgIpc) is 3.30. The van der Waals surface area contributed by atoms with Gasteiger partial charge in [0, 0.05) is 31.1 Å². The van der Waals surface area contributed by atoms with Gasteiger partial charge in [0.1, 0.15) is 11.4 Å². The number of likely N-dealkylation sites (N-methyl/N-ethyl adjacent to an activating group) is 1. The van der Waals surface area contributed by atoms with Gasteiger partial charge < -0.3 is 20.3 Å². The van der Waals surface area contributed by atoms with Gasteiger partial charge in [-0.15, -0.1) is 0 Å². The molecule has 3 aliphatic rings. The van der Waals surface area contributed by atoms with Gasteiger partial charge in [-0.2, -0.15) is 4.98 Å². The van der Waals surface area contributed by atoms with E-state index < -0.39 is 5.60 Å². The van der Waals surface area contributed by atoms with Crippen molar-refractivity contribution in [3.05, 3.63) is 11.3 Å². The second-order valence-electron chi connectivity index (χ2n) is 10.1. The minimum absolute atomic E-state index is 0.112. The van der Waals surface area contributed by atoms with E-state index in [0.29, 0.717) is 5.95 Å². The van der Waals surface area contributed by atoms with Crippen LogP contribution >= 0.6 is 0 Å². The zero-order chi connectivity index (χ0) is 20.8. The van der Waals surface area contributed by atoms with Crippen molar-refractivity contribution in [3.8, 4) is 0 Å². The molecule has 1 atom stereocenters. The van der Waals surface area contributed by atoms with Crippen LogP contribution in [0.15, 0.2) is 0 Å². The van der Waals surface area contributed by atoms with Crippen molar-refractivity contribution in [1.82, 2.24) is 14.9 Å². The summed E-state index contributed by atoms with van der Waals surface area (Å²) in [5.74, 6) is 1.38. The molecule has 2 heterocycles. The number of amides is 1. The van der Waals surface area contributed by atoms with E-state index in [9.17, 15) is 4.79 Å². The van der Waals surface area contributed by atoms with Gasteiger partial charge in [-0.25, -0.2) is 9.78 Å². The van der Waals surface area contributed by atoms with Crippen molar-refractivity contribution >= 4 is 17.9 Å². The lowest BCUT2D eigenvalue weighted by molar-refractivity contribution is 0.0238. The minimum Gasteiger partial charge on any atom is -0.444 e. The minimum atomic E-state index is -0.487. The highest BCUT2D eigenvalue weighted by Crippen LogP contribution is 2.49. The number of ether oxygens (including phenoxy) is 1. The zero-order valence-corrected chi connectivity index (χ0v) is 18.3. The summed E-state index contributed by atoms with van der Waals surface area (Å²) in [7, 11) is 1.83. The molecular weight excluding hydrogens is 366 g/mol. The molecular formula is C22H35N5O2. The highest BCUT2D eigenvalue weighted by atomic mass is 16.6. The predicted molar refractivity (Wildman–Crippen MR) is 114 cm³/mol. The molecule has 2 N–H and O–H groups in total. The number of carbonyl (C=O) groups is 1. The summed E-state index contributed by atoms with van der Waals surface area (Å²) in [6.07, 6.45) is 9.09. The smallest absolute Gasteiger partial charge is 0.410 e. The first-order chi connectivity index (χ1) is 13.7. The first-order valence-electron chi connectivity index (χ1n) is 11.1. The number of nitrogens with two attached hydrogens (primary N) is 1. The molecule has 29 heavy (non-hydrogen) atoms. The summed E-state index contributed by atoms with van der Waals surface area (Å²) >= 11 is 0. The van der Waals surface area contributed by atoms with E-state index in [1.54, 1.807) is 4.90 Å². The fourth-order valence-corrected chi connectivity index (χ4v) is 5.41. The Morgan fingerprint density at radius 2 is 1.90 bits per heavy atom. The van der Waals surface area contributed by atoms with Gasteiger partial charge in [0.2, 0.25) is 5.95 Å². The average molecular weight is 402 g/mol. The quantitative estimate of drug-likeness (QED) is 0.814. The Labute approximate surface area is 174 Å². The van der Waals surface area contributed by atoms with Gasteiger partial charge in [0.15, 0.2) is 0 Å². The molecule has 2 aliphatic carbocycles. The molecule has 7 heteroatoms. The monoisotopic (exact) mass is 401 g/mol. The first kappa shape index (κ1) is 20.2. The van der Waals surface area contributed by atoms with Crippen molar-refractivity contribution in [2.24, 2.45) is 0 Å². The largest absolute Gasteiger partial charge is 0.444 e. The molecule has 1 aromatic rings. The van der Waals surface area contributed by atoms with E-state index in [-0.39, 0.29) is 17.6 Å². The Hall–Kier alpha value is -2.05. The third kappa shape index (κ3) is 3.88. The number of fused-ring (bicyclic) bond motifs is 2. The van der Waals surface area contributed by atoms with Crippen LogP contribution in [0.3, 0.4) is 0 Å². The molecule has 0 aromatic carbocycles. The molecule has 7 nitrogen and oxygen atoms in total. The lowest BCUT2D eigenvalue weighted by atomic mass is 9.71. The van der Waals surface area contributed by atoms with E-state index in [1.165, 1.54) is 49.8 Å². The SMILES string of the molecule is CN(C(=O)OC(C)(C)C)[C@@H]1CCN(c2nc(N)nc3c2CCCC32CCCC2)C1. The number of nitrogens with zero attached hydrogens (tertiary/aromatic N) is 4. The third-order valence-electron chi connectivity index (χ3n) is 6.84. The highest BCUT2D eigenvalue weighted by molar-refractivity contribution is 5.68. The number of anilines is 2. The predicted octanol–water partition coefficient (Wildman–Crippen LogP) is 3.65. The maximum atomic E-state index is 12.5. The summed E-state index contributed by atoms with van der Waals surface area (Å²) in [5.41, 5.74) is 8.42. The Balaban J connectivity index is 1.56.